The number of ether oxygens (including phenoxy) is 1. The van der Waals surface area contributed by atoms with E-state index in [4.69, 9.17) is 4.74 Å². The molecule has 1 atom stereocenters. The van der Waals surface area contributed by atoms with Gasteiger partial charge in [-0.05, 0) is 42.2 Å². The summed E-state index contributed by atoms with van der Waals surface area (Å²) in [6.07, 6.45) is 1.36. The number of nitrogens with zero attached hydrogens (tertiary/aromatic N) is 1. The first-order valence-corrected chi connectivity index (χ1v) is 7.69. The van der Waals surface area contributed by atoms with Crippen LogP contribution in [0.4, 0.5) is 0 Å². The topological polar surface area (TPSA) is 29.5 Å². The largest absolute Gasteiger partial charge is 0.497 e. The third-order valence-corrected chi connectivity index (χ3v) is 4.41. The van der Waals surface area contributed by atoms with Crippen molar-refractivity contribution >= 4 is 5.91 Å². The molecule has 0 saturated heterocycles. The standard InChI is InChI=1S/C19H21NO2/c1-14-18-9-8-17(22-2)13-16(18)10-11-20(14)19(21)12-15-6-4-3-5-7-15/h3-9,13-14H,10-12H2,1-2H3. The Hall–Kier alpha value is -2.29. The van der Waals surface area contributed by atoms with Gasteiger partial charge in [-0.25, -0.2) is 0 Å². The van der Waals surface area contributed by atoms with Gasteiger partial charge in [0.15, 0.2) is 0 Å². The molecule has 2 aromatic carbocycles. The van der Waals surface area contributed by atoms with Crippen molar-refractivity contribution in [2.75, 3.05) is 13.7 Å². The SMILES string of the molecule is COc1ccc2c(c1)CCN(C(=O)Cc1ccccc1)C2C. The van der Waals surface area contributed by atoms with Crippen molar-refractivity contribution in [2.45, 2.75) is 25.8 Å². The zero-order valence-corrected chi connectivity index (χ0v) is 13.1. The Morgan fingerprint density at radius 2 is 2.00 bits per heavy atom. The quantitative estimate of drug-likeness (QED) is 0.868. The summed E-state index contributed by atoms with van der Waals surface area (Å²) in [4.78, 5) is 14.6. The van der Waals surface area contributed by atoms with Crippen LogP contribution in [-0.4, -0.2) is 24.5 Å². The van der Waals surface area contributed by atoms with Crippen LogP contribution >= 0.6 is 0 Å². The van der Waals surface area contributed by atoms with Crippen LogP contribution in [0.15, 0.2) is 48.5 Å². The zero-order valence-electron chi connectivity index (χ0n) is 13.1. The van der Waals surface area contributed by atoms with Crippen LogP contribution in [0.5, 0.6) is 5.75 Å². The molecule has 1 aliphatic rings. The summed E-state index contributed by atoms with van der Waals surface area (Å²) in [5.74, 6) is 1.08. The van der Waals surface area contributed by atoms with Gasteiger partial charge in [-0.3, -0.25) is 4.79 Å². The summed E-state index contributed by atoms with van der Waals surface area (Å²) in [5, 5.41) is 0. The number of hydrogen-bond acceptors (Lipinski definition) is 2. The molecule has 3 nitrogen and oxygen atoms in total. The maximum atomic E-state index is 12.6. The summed E-state index contributed by atoms with van der Waals surface area (Å²) in [6, 6.07) is 16.2. The van der Waals surface area contributed by atoms with Crippen molar-refractivity contribution in [3.05, 3.63) is 65.2 Å². The van der Waals surface area contributed by atoms with E-state index in [9.17, 15) is 4.79 Å². The molecule has 3 rings (SSSR count). The average molecular weight is 295 g/mol. The molecule has 0 aromatic heterocycles. The fraction of sp³-hybridized carbons (Fsp3) is 0.316. The smallest absolute Gasteiger partial charge is 0.227 e. The van der Waals surface area contributed by atoms with Gasteiger partial charge in [-0.2, -0.15) is 0 Å². The van der Waals surface area contributed by atoms with Crippen molar-refractivity contribution in [3.63, 3.8) is 0 Å². The molecule has 0 aliphatic carbocycles. The Morgan fingerprint density at radius 3 is 2.73 bits per heavy atom. The molecule has 0 saturated carbocycles. The van der Waals surface area contributed by atoms with Gasteiger partial charge in [0.2, 0.25) is 5.91 Å². The molecule has 3 heteroatoms. The minimum absolute atomic E-state index is 0.117. The van der Waals surface area contributed by atoms with Crippen molar-refractivity contribution in [3.8, 4) is 5.75 Å². The second-order valence-corrected chi connectivity index (χ2v) is 5.74. The molecular formula is C19H21NO2. The van der Waals surface area contributed by atoms with E-state index < -0.39 is 0 Å². The molecule has 1 aliphatic heterocycles. The Balaban J connectivity index is 1.77. The molecule has 22 heavy (non-hydrogen) atoms. The molecular weight excluding hydrogens is 274 g/mol. The van der Waals surface area contributed by atoms with Crippen molar-refractivity contribution in [1.29, 1.82) is 0 Å². The second kappa shape index (κ2) is 6.22. The number of benzene rings is 2. The highest BCUT2D eigenvalue weighted by atomic mass is 16.5. The molecule has 1 heterocycles. The first-order chi connectivity index (χ1) is 10.7. The highest BCUT2D eigenvalue weighted by molar-refractivity contribution is 5.79. The molecule has 1 unspecified atom stereocenters. The molecule has 0 fully saturated rings. The highest BCUT2D eigenvalue weighted by Crippen LogP contribution is 2.32. The lowest BCUT2D eigenvalue weighted by molar-refractivity contribution is -0.133. The minimum Gasteiger partial charge on any atom is -0.497 e. The van der Waals surface area contributed by atoms with E-state index >= 15 is 0 Å². The number of hydrogen-bond donors (Lipinski definition) is 0. The maximum Gasteiger partial charge on any atom is 0.227 e. The Morgan fingerprint density at radius 1 is 1.23 bits per heavy atom. The van der Waals surface area contributed by atoms with Crippen molar-refractivity contribution in [2.24, 2.45) is 0 Å². The van der Waals surface area contributed by atoms with Crippen LogP contribution in [0, 0.1) is 0 Å². The predicted molar refractivity (Wildman–Crippen MR) is 87.0 cm³/mol. The van der Waals surface area contributed by atoms with E-state index in [1.807, 2.05) is 41.3 Å². The van der Waals surface area contributed by atoms with Gasteiger partial charge in [-0.1, -0.05) is 36.4 Å². The highest BCUT2D eigenvalue weighted by Gasteiger charge is 2.27. The maximum absolute atomic E-state index is 12.6. The van der Waals surface area contributed by atoms with E-state index in [0.717, 1.165) is 24.3 Å². The molecule has 0 spiro atoms. The molecule has 2 aromatic rings. The molecule has 0 N–H and O–H groups in total. The van der Waals surface area contributed by atoms with Gasteiger partial charge in [0.25, 0.3) is 0 Å². The summed E-state index contributed by atoms with van der Waals surface area (Å²) in [6.45, 7) is 2.88. The summed E-state index contributed by atoms with van der Waals surface area (Å²) in [5.41, 5.74) is 3.59. The van der Waals surface area contributed by atoms with E-state index in [0.29, 0.717) is 6.42 Å². The Labute approximate surface area is 131 Å². The number of rotatable bonds is 3. The van der Waals surface area contributed by atoms with Gasteiger partial charge in [0, 0.05) is 6.54 Å². The van der Waals surface area contributed by atoms with Crippen molar-refractivity contribution < 1.29 is 9.53 Å². The van der Waals surface area contributed by atoms with Gasteiger partial charge in [0.05, 0.1) is 19.6 Å². The van der Waals surface area contributed by atoms with Gasteiger partial charge in [0.1, 0.15) is 5.75 Å². The van der Waals surface area contributed by atoms with Crippen LogP contribution in [-0.2, 0) is 17.6 Å². The van der Waals surface area contributed by atoms with Gasteiger partial charge >= 0.3 is 0 Å². The van der Waals surface area contributed by atoms with E-state index in [1.54, 1.807) is 7.11 Å². The minimum atomic E-state index is 0.117. The summed E-state index contributed by atoms with van der Waals surface area (Å²) >= 11 is 0. The lowest BCUT2D eigenvalue weighted by Gasteiger charge is -2.35. The molecule has 0 radical (unpaired) electrons. The third-order valence-electron chi connectivity index (χ3n) is 4.41. The van der Waals surface area contributed by atoms with Crippen LogP contribution in [0.1, 0.15) is 29.7 Å². The zero-order chi connectivity index (χ0) is 15.5. The van der Waals surface area contributed by atoms with Crippen LogP contribution in [0.3, 0.4) is 0 Å². The Kier molecular flexibility index (Phi) is 4.14. The lowest BCUT2D eigenvalue weighted by atomic mass is 9.93. The van der Waals surface area contributed by atoms with Crippen LogP contribution in [0.2, 0.25) is 0 Å². The first kappa shape index (κ1) is 14.6. The van der Waals surface area contributed by atoms with Gasteiger partial charge < -0.3 is 9.64 Å². The Bertz CT molecular complexity index is 666. The van der Waals surface area contributed by atoms with E-state index in [-0.39, 0.29) is 11.9 Å². The first-order valence-electron chi connectivity index (χ1n) is 7.69. The number of fused-ring (bicyclic) bond motifs is 1. The number of methoxy groups -OCH3 is 1. The normalized spacial score (nSPS) is 17.0. The molecule has 1 amide bonds. The predicted octanol–water partition coefficient (Wildman–Crippen LogP) is 3.38. The number of carbonyl (C=O) groups excluding carboxylic acids is 1. The molecule has 0 bridgehead atoms. The number of carbonyl (C=O) groups is 1. The monoisotopic (exact) mass is 295 g/mol. The fourth-order valence-corrected chi connectivity index (χ4v) is 3.15. The number of amides is 1. The van der Waals surface area contributed by atoms with Gasteiger partial charge in [-0.15, -0.1) is 0 Å². The second-order valence-electron chi connectivity index (χ2n) is 5.74. The summed E-state index contributed by atoms with van der Waals surface area (Å²) in [7, 11) is 1.68. The lowest BCUT2D eigenvalue weighted by Crippen LogP contribution is -2.39. The van der Waals surface area contributed by atoms with Crippen molar-refractivity contribution in [1.82, 2.24) is 4.90 Å². The van der Waals surface area contributed by atoms with Crippen LogP contribution < -0.4 is 4.74 Å². The average Bonchev–Trinajstić information content (AvgIpc) is 2.55. The third kappa shape index (κ3) is 2.84. The fourth-order valence-electron chi connectivity index (χ4n) is 3.15. The summed E-state index contributed by atoms with van der Waals surface area (Å²) < 4.78 is 5.29. The van der Waals surface area contributed by atoms with E-state index in [1.165, 1.54) is 11.1 Å². The van der Waals surface area contributed by atoms with Crippen LogP contribution in [0.25, 0.3) is 0 Å². The van der Waals surface area contributed by atoms with E-state index in [2.05, 4.69) is 19.1 Å². The molecule has 114 valence electrons.